The molecule has 3 heterocycles. The van der Waals surface area contributed by atoms with Gasteiger partial charge in [-0.2, -0.15) is 13.2 Å². The third kappa shape index (κ3) is 4.62. The van der Waals surface area contributed by atoms with Crippen LogP contribution in [-0.2, 0) is 17.4 Å². The van der Waals surface area contributed by atoms with Crippen LogP contribution in [0.3, 0.4) is 0 Å². The Morgan fingerprint density at radius 1 is 1.23 bits per heavy atom. The summed E-state index contributed by atoms with van der Waals surface area (Å²) in [5, 5.41) is 3.03. The van der Waals surface area contributed by atoms with Crippen molar-refractivity contribution in [1.82, 2.24) is 9.88 Å². The van der Waals surface area contributed by atoms with Crippen molar-refractivity contribution in [3.63, 3.8) is 0 Å². The number of aromatic nitrogens is 1. The van der Waals surface area contributed by atoms with Gasteiger partial charge in [0.25, 0.3) is 0 Å². The number of hydrogen-bond donors (Lipinski definition) is 1. The Morgan fingerprint density at radius 2 is 2.06 bits per heavy atom. The van der Waals surface area contributed by atoms with Crippen molar-refractivity contribution in [1.29, 1.82) is 0 Å². The minimum absolute atomic E-state index is 0.265. The molecule has 0 aliphatic carbocycles. The van der Waals surface area contributed by atoms with Gasteiger partial charge in [0.05, 0.1) is 12.7 Å². The van der Waals surface area contributed by atoms with E-state index in [9.17, 15) is 18.0 Å². The van der Waals surface area contributed by atoms with E-state index in [4.69, 9.17) is 4.74 Å². The minimum Gasteiger partial charge on any atom is -0.497 e. The number of rotatable bonds is 4. The summed E-state index contributed by atoms with van der Waals surface area (Å²) in [6.45, 7) is 0.475. The first kappa shape index (κ1) is 23.7. The van der Waals surface area contributed by atoms with Crippen LogP contribution in [0.15, 0.2) is 64.5 Å². The number of carbonyl (C=O) groups is 1. The van der Waals surface area contributed by atoms with E-state index in [0.29, 0.717) is 18.5 Å². The van der Waals surface area contributed by atoms with Crippen molar-refractivity contribution >= 4 is 50.2 Å². The molecule has 35 heavy (non-hydrogen) atoms. The summed E-state index contributed by atoms with van der Waals surface area (Å²) >= 11 is 5.05. The first-order valence-corrected chi connectivity index (χ1v) is 12.5. The van der Waals surface area contributed by atoms with Crippen LogP contribution in [0.5, 0.6) is 5.75 Å². The van der Waals surface area contributed by atoms with Crippen LogP contribution in [0.1, 0.15) is 33.3 Å². The summed E-state index contributed by atoms with van der Waals surface area (Å²) in [7, 11) is 1.63. The Morgan fingerprint density at radius 3 is 2.77 bits per heavy atom. The van der Waals surface area contributed by atoms with Gasteiger partial charge < -0.3 is 14.6 Å². The molecule has 1 atom stereocenters. The highest BCUT2D eigenvalue weighted by Gasteiger charge is 2.35. The molecule has 0 bridgehead atoms. The Bertz CT molecular complexity index is 1440. The van der Waals surface area contributed by atoms with Crippen LogP contribution < -0.4 is 4.74 Å². The molecule has 0 unspecified atom stereocenters. The number of alkyl halides is 3. The van der Waals surface area contributed by atoms with Crippen LogP contribution in [0.25, 0.3) is 17.0 Å². The Kier molecular flexibility index (Phi) is 6.23. The second kappa shape index (κ2) is 9.20. The number of nitrogens with one attached hydrogen (secondary N) is 1. The van der Waals surface area contributed by atoms with E-state index < -0.39 is 11.7 Å². The summed E-state index contributed by atoms with van der Waals surface area (Å²) in [6, 6.07) is 12.4. The third-order valence-corrected chi connectivity index (χ3v) is 7.85. The summed E-state index contributed by atoms with van der Waals surface area (Å²) in [5.41, 5.74) is 2.61. The van der Waals surface area contributed by atoms with Gasteiger partial charge in [-0.1, -0.05) is 12.1 Å². The van der Waals surface area contributed by atoms with E-state index in [2.05, 4.69) is 20.9 Å². The predicted molar refractivity (Wildman–Crippen MR) is 135 cm³/mol. The number of halogens is 4. The van der Waals surface area contributed by atoms with E-state index in [-0.39, 0.29) is 11.9 Å². The lowest BCUT2D eigenvalue weighted by Gasteiger charge is -2.34. The van der Waals surface area contributed by atoms with E-state index in [1.54, 1.807) is 29.4 Å². The number of nitrogens with zero attached hydrogens (tertiary/aromatic N) is 1. The van der Waals surface area contributed by atoms with E-state index in [1.807, 2.05) is 29.6 Å². The molecule has 0 saturated carbocycles. The lowest BCUT2D eigenvalue weighted by molar-refractivity contribution is -0.137. The molecule has 4 nitrogen and oxygen atoms in total. The van der Waals surface area contributed by atoms with Crippen molar-refractivity contribution in [2.75, 3.05) is 13.7 Å². The maximum atomic E-state index is 13.3. The van der Waals surface area contributed by atoms with Gasteiger partial charge in [0, 0.05) is 43.9 Å². The Hall–Kier alpha value is -3.04. The van der Waals surface area contributed by atoms with Gasteiger partial charge in [-0.15, -0.1) is 11.3 Å². The first-order chi connectivity index (χ1) is 16.7. The van der Waals surface area contributed by atoms with Crippen molar-refractivity contribution in [3.8, 4) is 5.75 Å². The standard InChI is InChI=1S/C26H20BrF3N2O2S/c1-34-18-6-7-21-20(13-18)19-9-10-32(25(24(19)31-21)22-12-17(27)14-35-22)23(33)8-5-15-3-2-4-16(11-15)26(28,29)30/h2-8,11-14,25,31H,9-10H2,1H3/b8-5+/t25-/m0/s1. The van der Waals surface area contributed by atoms with Gasteiger partial charge in [-0.05, 0) is 76.0 Å². The number of methoxy groups -OCH3 is 1. The van der Waals surface area contributed by atoms with Crippen LogP contribution in [0.4, 0.5) is 13.2 Å². The normalized spacial score (nSPS) is 16.1. The van der Waals surface area contributed by atoms with Crippen LogP contribution in [0, 0.1) is 0 Å². The van der Waals surface area contributed by atoms with E-state index >= 15 is 0 Å². The molecular weight excluding hydrogens is 541 g/mol. The van der Waals surface area contributed by atoms with E-state index in [1.165, 1.54) is 18.2 Å². The highest BCUT2D eigenvalue weighted by Crippen LogP contribution is 2.42. The van der Waals surface area contributed by atoms with Gasteiger partial charge in [-0.25, -0.2) is 0 Å². The second-order valence-electron chi connectivity index (χ2n) is 8.24. The van der Waals surface area contributed by atoms with Gasteiger partial charge >= 0.3 is 6.18 Å². The molecule has 4 aromatic rings. The zero-order valence-corrected chi connectivity index (χ0v) is 20.9. The number of hydrogen-bond acceptors (Lipinski definition) is 3. The third-order valence-electron chi connectivity index (χ3n) is 6.11. The molecule has 1 aliphatic heterocycles. The molecule has 2 aromatic carbocycles. The molecule has 1 amide bonds. The molecular formula is C26H20BrF3N2O2S. The average Bonchev–Trinajstić information content (AvgIpc) is 3.44. The molecule has 2 aromatic heterocycles. The molecule has 5 rings (SSSR count). The number of fused-ring (bicyclic) bond motifs is 3. The van der Waals surface area contributed by atoms with Crippen molar-refractivity contribution in [2.24, 2.45) is 0 Å². The van der Waals surface area contributed by atoms with Gasteiger partial charge in [0.1, 0.15) is 11.8 Å². The van der Waals surface area contributed by atoms with Crippen molar-refractivity contribution in [2.45, 2.75) is 18.6 Å². The van der Waals surface area contributed by atoms with Crippen molar-refractivity contribution in [3.05, 3.63) is 91.7 Å². The summed E-state index contributed by atoms with van der Waals surface area (Å²) < 4.78 is 45.5. The average molecular weight is 561 g/mol. The molecule has 0 spiro atoms. The highest BCUT2D eigenvalue weighted by molar-refractivity contribution is 9.10. The SMILES string of the molecule is COc1ccc2[nH]c3c(c2c1)CCN(C(=O)/C=C/c1cccc(C(F)(F)F)c1)[C@H]3c1cc(Br)cs1. The molecule has 1 aliphatic rings. The number of benzene rings is 2. The largest absolute Gasteiger partial charge is 0.497 e. The molecule has 0 fully saturated rings. The van der Waals surface area contributed by atoms with Crippen LogP contribution >= 0.6 is 27.3 Å². The summed E-state index contributed by atoms with van der Waals surface area (Å²) in [6.07, 6.45) is -1.01. The summed E-state index contributed by atoms with van der Waals surface area (Å²) in [4.78, 5) is 19.6. The van der Waals surface area contributed by atoms with Gasteiger partial charge in [0.2, 0.25) is 5.91 Å². The molecule has 180 valence electrons. The molecule has 0 radical (unpaired) electrons. The zero-order valence-electron chi connectivity index (χ0n) is 18.5. The number of thiophene rings is 1. The number of amides is 1. The zero-order chi connectivity index (χ0) is 24.7. The number of ether oxygens (including phenoxy) is 1. The lowest BCUT2D eigenvalue weighted by Crippen LogP contribution is -2.39. The fourth-order valence-corrected chi connectivity index (χ4v) is 6.05. The monoisotopic (exact) mass is 560 g/mol. The summed E-state index contributed by atoms with van der Waals surface area (Å²) in [5.74, 6) is 0.496. The number of carbonyl (C=O) groups excluding carboxylic acids is 1. The minimum atomic E-state index is -4.44. The number of aromatic amines is 1. The van der Waals surface area contributed by atoms with Gasteiger partial charge in [-0.3, -0.25) is 4.79 Å². The predicted octanol–water partition coefficient (Wildman–Crippen LogP) is 7.21. The fourth-order valence-electron chi connectivity index (χ4n) is 4.48. The molecule has 1 N–H and O–H groups in total. The second-order valence-corrected chi connectivity index (χ2v) is 10.1. The lowest BCUT2D eigenvalue weighted by atomic mass is 9.96. The topological polar surface area (TPSA) is 45.3 Å². The Labute approximate surface area is 212 Å². The van der Waals surface area contributed by atoms with Crippen LogP contribution in [-0.4, -0.2) is 29.4 Å². The number of H-pyrrole nitrogens is 1. The fraction of sp³-hybridized carbons (Fsp3) is 0.192. The van der Waals surface area contributed by atoms with Crippen LogP contribution in [0.2, 0.25) is 0 Å². The first-order valence-electron chi connectivity index (χ1n) is 10.8. The highest BCUT2D eigenvalue weighted by atomic mass is 79.9. The molecule has 0 saturated heterocycles. The Balaban J connectivity index is 1.51. The quantitative estimate of drug-likeness (QED) is 0.268. The van der Waals surface area contributed by atoms with Crippen molar-refractivity contribution < 1.29 is 22.7 Å². The van der Waals surface area contributed by atoms with E-state index in [0.717, 1.165) is 49.4 Å². The maximum absolute atomic E-state index is 13.3. The van der Waals surface area contributed by atoms with Gasteiger partial charge in [0.15, 0.2) is 0 Å². The smallest absolute Gasteiger partial charge is 0.416 e. The molecule has 9 heteroatoms. The maximum Gasteiger partial charge on any atom is 0.416 e.